The summed E-state index contributed by atoms with van der Waals surface area (Å²) in [6.45, 7) is 5.48. The van der Waals surface area contributed by atoms with Crippen LogP contribution in [0, 0.1) is 6.92 Å². The van der Waals surface area contributed by atoms with Gasteiger partial charge in [-0.15, -0.1) is 5.10 Å². The zero-order valence-corrected chi connectivity index (χ0v) is 16.3. The second-order valence-electron chi connectivity index (χ2n) is 8.11. The molecule has 2 aliphatic rings. The van der Waals surface area contributed by atoms with E-state index in [4.69, 9.17) is 0 Å². The molecule has 28 heavy (non-hydrogen) atoms. The second-order valence-corrected chi connectivity index (χ2v) is 8.11. The highest BCUT2D eigenvalue weighted by Gasteiger charge is 2.30. The number of piperidine rings is 1. The van der Waals surface area contributed by atoms with E-state index in [2.05, 4.69) is 58.3 Å². The molecule has 0 saturated carbocycles. The molecule has 6 nitrogen and oxygen atoms in total. The van der Waals surface area contributed by atoms with E-state index in [1.165, 1.54) is 16.0 Å². The molecule has 3 aromatic rings. The summed E-state index contributed by atoms with van der Waals surface area (Å²) in [5.74, 6) is 0.250. The minimum absolute atomic E-state index is 0.250. The van der Waals surface area contributed by atoms with Crippen LogP contribution in [0.15, 0.2) is 42.5 Å². The third kappa shape index (κ3) is 3.07. The lowest BCUT2D eigenvalue weighted by molar-refractivity contribution is -0.897. The number of aromatic nitrogens is 3. The molecular weight excluding hydrogens is 350 g/mol. The minimum atomic E-state index is 0.250. The first-order valence-corrected chi connectivity index (χ1v) is 10.2. The number of nitrogens with zero attached hydrogens (tertiary/aromatic N) is 4. The first-order chi connectivity index (χ1) is 13.7. The summed E-state index contributed by atoms with van der Waals surface area (Å²) in [6.07, 6.45) is 3.04. The van der Waals surface area contributed by atoms with Gasteiger partial charge in [0.25, 0.3) is 5.91 Å². The van der Waals surface area contributed by atoms with Gasteiger partial charge < -0.3 is 9.80 Å². The number of carbonyl (C=O) groups excluding carboxylic acids is 1. The molecule has 6 heteroatoms. The van der Waals surface area contributed by atoms with Crippen molar-refractivity contribution in [1.29, 1.82) is 0 Å². The molecule has 0 atom stereocenters. The summed E-state index contributed by atoms with van der Waals surface area (Å²) in [4.78, 5) is 16.2. The van der Waals surface area contributed by atoms with E-state index in [0.29, 0.717) is 12.6 Å². The minimum Gasteiger partial charge on any atom is -0.327 e. The van der Waals surface area contributed by atoms with Crippen molar-refractivity contribution in [2.75, 3.05) is 31.1 Å². The van der Waals surface area contributed by atoms with Gasteiger partial charge in [-0.1, -0.05) is 29.5 Å². The Labute approximate surface area is 164 Å². The van der Waals surface area contributed by atoms with Gasteiger partial charge >= 0.3 is 0 Å². The molecule has 1 N–H and O–H groups in total. The van der Waals surface area contributed by atoms with E-state index in [-0.39, 0.29) is 5.91 Å². The van der Waals surface area contributed by atoms with Crippen LogP contribution in [0.3, 0.4) is 0 Å². The highest BCUT2D eigenvalue weighted by molar-refractivity contribution is 5.96. The van der Waals surface area contributed by atoms with Gasteiger partial charge in [-0.05, 0) is 42.7 Å². The van der Waals surface area contributed by atoms with Crippen molar-refractivity contribution in [3.8, 4) is 0 Å². The topological polar surface area (TPSA) is 55.5 Å². The van der Waals surface area contributed by atoms with E-state index in [9.17, 15) is 4.79 Å². The lowest BCUT2D eigenvalue weighted by Gasteiger charge is -2.30. The molecule has 0 aliphatic carbocycles. The van der Waals surface area contributed by atoms with E-state index in [0.717, 1.165) is 55.6 Å². The average molecular weight is 376 g/mol. The Morgan fingerprint density at radius 1 is 1.18 bits per heavy atom. The number of para-hydroxylation sites is 1. The molecule has 2 aliphatic heterocycles. The number of hydrogen-bond acceptors (Lipinski definition) is 3. The standard InChI is InChI=1S/C22H25N5O/c1-16-6-7-21-19(14-16)23-24-27(21)18-9-11-25(12-10-18)15-22(28)26-13-8-17-4-2-3-5-20(17)26/h2-7,14,18H,8-13,15H2,1H3/p+1. The summed E-state index contributed by atoms with van der Waals surface area (Å²) in [5.41, 5.74) is 5.69. The largest absolute Gasteiger partial charge is 0.327 e. The number of carbonyl (C=O) groups is 1. The predicted octanol–water partition coefficient (Wildman–Crippen LogP) is 1.55. The number of benzene rings is 2. The molecule has 1 amide bonds. The van der Waals surface area contributed by atoms with Crippen LogP contribution in [0.25, 0.3) is 11.0 Å². The van der Waals surface area contributed by atoms with Crippen molar-refractivity contribution in [3.05, 3.63) is 53.6 Å². The van der Waals surface area contributed by atoms with E-state index in [1.807, 2.05) is 11.0 Å². The van der Waals surface area contributed by atoms with Gasteiger partial charge in [0.05, 0.1) is 24.6 Å². The maximum Gasteiger partial charge on any atom is 0.282 e. The van der Waals surface area contributed by atoms with Crippen LogP contribution in [-0.2, 0) is 11.2 Å². The highest BCUT2D eigenvalue weighted by atomic mass is 16.2. The smallest absolute Gasteiger partial charge is 0.282 e. The molecule has 3 heterocycles. The number of rotatable bonds is 3. The number of hydrogen-bond donors (Lipinski definition) is 1. The SMILES string of the molecule is Cc1ccc2c(c1)nnn2C1CC[NH+](CC(=O)N2CCc3ccccc32)CC1. The number of anilines is 1. The monoisotopic (exact) mass is 376 g/mol. The maximum absolute atomic E-state index is 12.9. The van der Waals surface area contributed by atoms with Crippen molar-refractivity contribution in [2.45, 2.75) is 32.2 Å². The fraction of sp³-hybridized carbons (Fsp3) is 0.409. The van der Waals surface area contributed by atoms with Gasteiger partial charge in [-0.2, -0.15) is 0 Å². The van der Waals surface area contributed by atoms with Crippen molar-refractivity contribution in [1.82, 2.24) is 15.0 Å². The van der Waals surface area contributed by atoms with Crippen LogP contribution < -0.4 is 9.80 Å². The molecule has 5 rings (SSSR count). The Kier molecular flexibility index (Phi) is 4.36. The molecular formula is C22H26N5O+. The summed E-state index contributed by atoms with van der Waals surface area (Å²) in [7, 11) is 0. The van der Waals surface area contributed by atoms with Gasteiger partial charge in [0, 0.05) is 25.1 Å². The maximum atomic E-state index is 12.9. The number of nitrogens with one attached hydrogen (secondary N) is 1. The highest BCUT2D eigenvalue weighted by Crippen LogP contribution is 2.27. The van der Waals surface area contributed by atoms with Crippen molar-refractivity contribution >= 4 is 22.6 Å². The molecule has 0 bridgehead atoms. The summed E-state index contributed by atoms with van der Waals surface area (Å²) in [5, 5.41) is 8.76. The van der Waals surface area contributed by atoms with Crippen LogP contribution in [0.4, 0.5) is 5.69 Å². The Morgan fingerprint density at radius 2 is 2.00 bits per heavy atom. The van der Waals surface area contributed by atoms with E-state index < -0.39 is 0 Å². The Hall–Kier alpha value is -2.73. The normalized spacial score (nSPS) is 21.8. The zero-order valence-electron chi connectivity index (χ0n) is 16.3. The first kappa shape index (κ1) is 17.4. The Balaban J connectivity index is 1.22. The van der Waals surface area contributed by atoms with Gasteiger partial charge in [0.2, 0.25) is 0 Å². The fourth-order valence-corrected chi connectivity index (χ4v) is 4.66. The summed E-state index contributed by atoms with van der Waals surface area (Å²) < 4.78 is 2.09. The Morgan fingerprint density at radius 3 is 2.86 bits per heavy atom. The number of amides is 1. The third-order valence-electron chi connectivity index (χ3n) is 6.22. The average Bonchev–Trinajstić information content (AvgIpc) is 3.32. The Bertz CT molecular complexity index is 1020. The van der Waals surface area contributed by atoms with Crippen LogP contribution in [0.5, 0.6) is 0 Å². The number of likely N-dealkylation sites (tertiary alicyclic amines) is 1. The quantitative estimate of drug-likeness (QED) is 0.755. The van der Waals surface area contributed by atoms with Gasteiger partial charge in [0.1, 0.15) is 5.52 Å². The number of fused-ring (bicyclic) bond motifs is 2. The molecule has 1 fully saturated rings. The third-order valence-corrected chi connectivity index (χ3v) is 6.22. The molecule has 0 unspecified atom stereocenters. The number of quaternary nitrogens is 1. The van der Waals surface area contributed by atoms with Crippen molar-refractivity contribution < 1.29 is 9.69 Å². The van der Waals surface area contributed by atoms with Crippen LogP contribution in [0.1, 0.15) is 30.0 Å². The predicted molar refractivity (Wildman–Crippen MR) is 109 cm³/mol. The van der Waals surface area contributed by atoms with Crippen molar-refractivity contribution in [3.63, 3.8) is 0 Å². The van der Waals surface area contributed by atoms with Crippen LogP contribution >= 0.6 is 0 Å². The zero-order chi connectivity index (χ0) is 19.1. The fourth-order valence-electron chi connectivity index (χ4n) is 4.66. The number of aryl methyl sites for hydroxylation is 1. The van der Waals surface area contributed by atoms with E-state index in [1.54, 1.807) is 0 Å². The lowest BCUT2D eigenvalue weighted by atomic mass is 10.0. The molecule has 1 saturated heterocycles. The molecule has 0 spiro atoms. The molecule has 144 valence electrons. The molecule has 1 aromatic heterocycles. The first-order valence-electron chi connectivity index (χ1n) is 10.2. The lowest BCUT2D eigenvalue weighted by Crippen LogP contribution is -3.14. The van der Waals surface area contributed by atoms with Gasteiger partial charge in [-0.3, -0.25) is 4.79 Å². The molecule has 0 radical (unpaired) electrons. The van der Waals surface area contributed by atoms with Gasteiger partial charge in [0.15, 0.2) is 6.54 Å². The van der Waals surface area contributed by atoms with Crippen LogP contribution in [0.2, 0.25) is 0 Å². The van der Waals surface area contributed by atoms with Crippen molar-refractivity contribution in [2.24, 2.45) is 0 Å². The second kappa shape index (κ2) is 7.02. The summed E-state index contributed by atoms with van der Waals surface area (Å²) >= 11 is 0. The van der Waals surface area contributed by atoms with Gasteiger partial charge in [-0.25, -0.2) is 4.68 Å². The van der Waals surface area contributed by atoms with Crippen LogP contribution in [-0.4, -0.2) is 47.1 Å². The molecule has 2 aromatic carbocycles. The van der Waals surface area contributed by atoms with E-state index >= 15 is 0 Å². The summed E-state index contributed by atoms with van der Waals surface area (Å²) in [6, 6.07) is 15.0.